The average molecular weight is 513 g/mol. The molecule has 0 radical (unpaired) electrons. The van der Waals surface area contributed by atoms with Gasteiger partial charge in [-0.05, 0) is 95.2 Å². The molecule has 1 spiro atoms. The third kappa shape index (κ3) is 3.59. The third-order valence-corrected chi connectivity index (χ3v) is 11.1. The minimum atomic E-state index is -0.221. The van der Waals surface area contributed by atoms with Gasteiger partial charge < -0.3 is 9.84 Å². The van der Waals surface area contributed by atoms with Crippen molar-refractivity contribution in [2.24, 2.45) is 23.7 Å². The van der Waals surface area contributed by atoms with Crippen LogP contribution in [-0.4, -0.2) is 10.0 Å². The first-order valence-corrected chi connectivity index (χ1v) is 15.4. The lowest BCUT2D eigenvalue weighted by atomic mass is 9.75. The minimum absolute atomic E-state index is 0.0466. The van der Waals surface area contributed by atoms with Crippen molar-refractivity contribution in [2.75, 3.05) is 0 Å². The van der Waals surface area contributed by atoms with Gasteiger partial charge in [0, 0.05) is 10.8 Å². The van der Waals surface area contributed by atoms with Crippen LogP contribution in [0.1, 0.15) is 90.2 Å². The fourth-order valence-corrected chi connectivity index (χ4v) is 10.4. The molecule has 3 aromatic carbocycles. The maximum atomic E-state index is 11.5. The van der Waals surface area contributed by atoms with Gasteiger partial charge in [-0.15, -0.1) is 0 Å². The van der Waals surface area contributed by atoms with Crippen LogP contribution in [0, 0.1) is 23.7 Å². The fraction of sp³-hybridized carbons (Fsp3) is 0.529. The lowest BCUT2D eigenvalue weighted by Crippen LogP contribution is -2.32. The van der Waals surface area contributed by atoms with Crippen LogP contribution in [0.15, 0.2) is 47.4 Å². The van der Waals surface area contributed by atoms with E-state index >= 15 is 0 Å². The fourth-order valence-electron chi connectivity index (χ4n) is 8.66. The summed E-state index contributed by atoms with van der Waals surface area (Å²) in [5, 5.41) is 13.7. The highest BCUT2D eigenvalue weighted by Crippen LogP contribution is 2.64. The number of hydrogen-bond acceptors (Lipinski definition) is 3. The first kappa shape index (κ1) is 23.9. The second-order valence-corrected chi connectivity index (χ2v) is 14.7. The monoisotopic (exact) mass is 512 g/mol. The predicted molar refractivity (Wildman–Crippen MR) is 155 cm³/mol. The second kappa shape index (κ2) is 8.43. The largest absolute Gasteiger partial charge is 0.507 e. The summed E-state index contributed by atoms with van der Waals surface area (Å²) in [7, 11) is 0. The Bertz CT molecular complexity index is 1360. The van der Waals surface area contributed by atoms with E-state index in [1.54, 1.807) is 0 Å². The molecule has 1 heterocycles. The van der Waals surface area contributed by atoms with E-state index in [2.05, 4.69) is 70.2 Å². The summed E-state index contributed by atoms with van der Waals surface area (Å²) in [5.74, 6) is 4.20. The third-order valence-electron chi connectivity index (χ3n) is 9.73. The molecule has 2 unspecified atom stereocenters. The molecule has 2 saturated carbocycles. The summed E-state index contributed by atoms with van der Waals surface area (Å²) in [5.41, 5.74) is 5.64. The minimum Gasteiger partial charge on any atom is -0.507 e. The molecule has 0 aromatic heterocycles. The Balaban J connectivity index is 1.41. The summed E-state index contributed by atoms with van der Waals surface area (Å²) >= 11 is 1.88. The molecule has 0 saturated heterocycles. The smallest absolute Gasteiger partial charge is 0.159 e. The lowest BCUT2D eigenvalue weighted by Gasteiger charge is -2.31. The van der Waals surface area contributed by atoms with Gasteiger partial charge in [-0.3, -0.25) is 0 Å². The maximum Gasteiger partial charge on any atom is 0.159 e. The maximum absolute atomic E-state index is 11.5. The number of thioether (sulfide) groups is 1. The van der Waals surface area contributed by atoms with Crippen molar-refractivity contribution < 1.29 is 9.84 Å². The van der Waals surface area contributed by atoms with E-state index in [9.17, 15) is 5.11 Å². The van der Waals surface area contributed by atoms with Crippen molar-refractivity contribution in [3.63, 3.8) is 0 Å². The summed E-state index contributed by atoms with van der Waals surface area (Å²) < 4.78 is 6.89. The predicted octanol–water partition coefficient (Wildman–Crippen LogP) is 9.69. The van der Waals surface area contributed by atoms with Crippen LogP contribution in [0.3, 0.4) is 0 Å². The molecule has 2 nitrogen and oxygen atoms in total. The van der Waals surface area contributed by atoms with Gasteiger partial charge in [-0.2, -0.15) is 0 Å². The normalized spacial score (nSPS) is 27.0. The van der Waals surface area contributed by atoms with Crippen molar-refractivity contribution in [2.45, 2.75) is 94.3 Å². The summed E-state index contributed by atoms with van der Waals surface area (Å²) in [6.45, 7) is 9.17. The Morgan fingerprint density at radius 1 is 0.892 bits per heavy atom. The molecule has 2 fully saturated rings. The van der Waals surface area contributed by atoms with Crippen LogP contribution in [0.25, 0.3) is 21.9 Å². The van der Waals surface area contributed by atoms with Crippen LogP contribution in [0.4, 0.5) is 0 Å². The van der Waals surface area contributed by atoms with Gasteiger partial charge in [0.1, 0.15) is 11.5 Å². The van der Waals surface area contributed by atoms with Crippen LogP contribution in [-0.2, 0) is 5.41 Å². The summed E-state index contributed by atoms with van der Waals surface area (Å²) in [4.78, 5) is 0.957. The second-order valence-electron chi connectivity index (χ2n) is 13.3. The molecule has 3 aromatic rings. The number of phenolic OH excluding ortho intramolecular Hbond substituents is 1. The van der Waals surface area contributed by atoms with E-state index in [0.29, 0.717) is 17.6 Å². The topological polar surface area (TPSA) is 29.5 Å². The van der Waals surface area contributed by atoms with Crippen molar-refractivity contribution in [1.82, 2.24) is 0 Å². The van der Waals surface area contributed by atoms with Crippen LogP contribution >= 0.6 is 11.8 Å². The molecule has 2 atom stereocenters. The molecule has 1 N–H and O–H groups in total. The molecule has 4 aliphatic rings. The molecular formula is C34H40O2S. The molecule has 0 amide bonds. The molecule has 194 valence electrons. The Kier molecular flexibility index (Phi) is 5.46. The molecule has 7 rings (SSSR count). The standard InChI is InChI=1S/C34H40O2S/c1-20(2)16-34(17-21(3)4)36-30-13-26-25(14-31(30)37-34)29(35)15-28-32(26)24-11-7-8-12-27(24)33(28)18-22-9-5-6-10-23(22)19-33/h7-8,11-15,20-23,35H,5-6,9-10,16-19H2,1-4H3. The highest BCUT2D eigenvalue weighted by atomic mass is 32.2. The van der Waals surface area contributed by atoms with Crippen LogP contribution in [0.5, 0.6) is 11.5 Å². The number of aromatic hydroxyl groups is 1. The van der Waals surface area contributed by atoms with E-state index in [-0.39, 0.29) is 10.3 Å². The van der Waals surface area contributed by atoms with Gasteiger partial charge in [0.25, 0.3) is 0 Å². The number of phenols is 1. The number of ether oxygens (including phenoxy) is 1. The van der Waals surface area contributed by atoms with Crippen molar-refractivity contribution in [1.29, 1.82) is 0 Å². The summed E-state index contributed by atoms with van der Waals surface area (Å²) in [6.07, 6.45) is 10.0. The molecule has 3 heteroatoms. The SMILES string of the molecule is CC(C)CC1(CC(C)C)Oc2cc3c4c(cc(O)c3cc2S1)C1(CC2CCCCC2C1)c1ccccc1-4. The van der Waals surface area contributed by atoms with E-state index in [4.69, 9.17) is 4.74 Å². The zero-order chi connectivity index (χ0) is 25.5. The Labute approximate surface area is 226 Å². The highest BCUT2D eigenvalue weighted by molar-refractivity contribution is 8.00. The molecule has 1 aliphatic heterocycles. The highest BCUT2D eigenvalue weighted by Gasteiger charge is 2.53. The molecule has 37 heavy (non-hydrogen) atoms. The molecule has 0 bridgehead atoms. The van der Waals surface area contributed by atoms with E-state index < -0.39 is 0 Å². The number of hydrogen-bond donors (Lipinski definition) is 1. The zero-order valence-electron chi connectivity index (χ0n) is 22.8. The van der Waals surface area contributed by atoms with Gasteiger partial charge >= 0.3 is 0 Å². The quantitative estimate of drug-likeness (QED) is 0.377. The lowest BCUT2D eigenvalue weighted by molar-refractivity contribution is 0.122. The first-order valence-electron chi connectivity index (χ1n) is 14.6. The molecule has 3 aliphatic carbocycles. The van der Waals surface area contributed by atoms with Crippen molar-refractivity contribution in [3.8, 4) is 22.6 Å². The zero-order valence-corrected chi connectivity index (χ0v) is 23.6. The number of fused-ring (bicyclic) bond motifs is 9. The first-order chi connectivity index (χ1) is 17.8. The Hall–Kier alpha value is -2.13. The van der Waals surface area contributed by atoms with Gasteiger partial charge in [0.05, 0.1) is 4.90 Å². The van der Waals surface area contributed by atoms with Crippen LogP contribution in [0.2, 0.25) is 0 Å². The van der Waals surface area contributed by atoms with Crippen LogP contribution < -0.4 is 4.74 Å². The van der Waals surface area contributed by atoms with Gasteiger partial charge in [-0.1, -0.05) is 89.4 Å². The number of rotatable bonds is 4. The Morgan fingerprint density at radius 2 is 1.57 bits per heavy atom. The van der Waals surface area contributed by atoms with Gasteiger partial charge in [0.15, 0.2) is 4.93 Å². The summed E-state index contributed by atoms with van der Waals surface area (Å²) in [6, 6.07) is 15.8. The van der Waals surface area contributed by atoms with E-state index in [1.807, 2.05) is 11.8 Å². The van der Waals surface area contributed by atoms with Crippen molar-refractivity contribution >= 4 is 22.5 Å². The Morgan fingerprint density at radius 3 is 2.24 bits per heavy atom. The van der Waals surface area contributed by atoms with Crippen molar-refractivity contribution in [3.05, 3.63) is 53.6 Å². The van der Waals surface area contributed by atoms with Gasteiger partial charge in [-0.25, -0.2) is 0 Å². The van der Waals surface area contributed by atoms with E-state index in [1.165, 1.54) is 71.1 Å². The van der Waals surface area contributed by atoms with E-state index in [0.717, 1.165) is 35.8 Å². The average Bonchev–Trinajstić information content (AvgIpc) is 3.47. The number of benzene rings is 3. The molecular weight excluding hydrogens is 472 g/mol. The van der Waals surface area contributed by atoms with Gasteiger partial charge in [0.2, 0.25) is 0 Å².